The van der Waals surface area contributed by atoms with Crippen LogP contribution in [0.1, 0.15) is 24.1 Å². The monoisotopic (exact) mass is 213 g/mol. The Morgan fingerprint density at radius 3 is 2.75 bits per heavy atom. The van der Waals surface area contributed by atoms with Crippen LogP contribution in [0.3, 0.4) is 0 Å². The highest BCUT2D eigenvalue weighted by molar-refractivity contribution is 5.11. The van der Waals surface area contributed by atoms with E-state index in [9.17, 15) is 0 Å². The van der Waals surface area contributed by atoms with Gasteiger partial charge >= 0.3 is 0 Å². The summed E-state index contributed by atoms with van der Waals surface area (Å²) in [5.74, 6) is 0.907. The first-order valence-corrected chi connectivity index (χ1v) is 5.81. The topological polar surface area (TPSA) is 30.7 Å². The summed E-state index contributed by atoms with van der Waals surface area (Å²) in [5.41, 5.74) is 2.48. The first kappa shape index (κ1) is 9.58. The van der Waals surface area contributed by atoms with Gasteiger partial charge in [-0.05, 0) is 48.9 Å². The lowest BCUT2D eigenvalue weighted by Gasteiger charge is -2.00. The molecule has 0 amide bonds. The molecule has 2 aromatic heterocycles. The van der Waals surface area contributed by atoms with Crippen molar-refractivity contribution in [2.75, 3.05) is 0 Å². The van der Waals surface area contributed by atoms with Gasteiger partial charge in [-0.15, -0.1) is 0 Å². The summed E-state index contributed by atoms with van der Waals surface area (Å²) in [5, 5.41) is 4.58. The van der Waals surface area contributed by atoms with Gasteiger partial charge in [-0.2, -0.15) is 5.10 Å². The summed E-state index contributed by atoms with van der Waals surface area (Å²) in [7, 11) is 0. The number of hydrogen-bond acceptors (Lipinski definition) is 2. The van der Waals surface area contributed by atoms with Gasteiger partial charge in [-0.25, -0.2) is 0 Å². The van der Waals surface area contributed by atoms with Gasteiger partial charge in [0.15, 0.2) is 0 Å². The van der Waals surface area contributed by atoms with Gasteiger partial charge < -0.3 is 0 Å². The minimum atomic E-state index is 0.840. The number of rotatable bonds is 4. The molecule has 2 aromatic rings. The van der Waals surface area contributed by atoms with Gasteiger partial charge in [0.2, 0.25) is 0 Å². The molecule has 2 heterocycles. The zero-order valence-electron chi connectivity index (χ0n) is 9.21. The molecule has 1 fully saturated rings. The van der Waals surface area contributed by atoms with Crippen LogP contribution in [-0.4, -0.2) is 14.8 Å². The minimum absolute atomic E-state index is 0.840. The Morgan fingerprint density at radius 1 is 1.19 bits per heavy atom. The smallest absolute Gasteiger partial charge is 0.0660 e. The lowest BCUT2D eigenvalue weighted by Crippen LogP contribution is -2.01. The Morgan fingerprint density at radius 2 is 2.00 bits per heavy atom. The van der Waals surface area contributed by atoms with Crippen LogP contribution >= 0.6 is 0 Å². The van der Waals surface area contributed by atoms with Crippen LogP contribution in [0, 0.1) is 5.92 Å². The number of pyridine rings is 1. The Balaban J connectivity index is 1.67. The SMILES string of the molecule is c1cc(Cn2ccc(CC3CC3)n2)ccn1. The third-order valence-corrected chi connectivity index (χ3v) is 2.98. The van der Waals surface area contributed by atoms with Crippen molar-refractivity contribution < 1.29 is 0 Å². The fraction of sp³-hybridized carbons (Fsp3) is 0.385. The highest BCUT2D eigenvalue weighted by Gasteiger charge is 2.22. The van der Waals surface area contributed by atoms with E-state index in [0.29, 0.717) is 0 Å². The van der Waals surface area contributed by atoms with Crippen molar-refractivity contribution in [2.24, 2.45) is 5.92 Å². The van der Waals surface area contributed by atoms with E-state index >= 15 is 0 Å². The Kier molecular flexibility index (Phi) is 2.44. The molecule has 0 saturated heterocycles. The van der Waals surface area contributed by atoms with Gasteiger partial charge in [0.1, 0.15) is 0 Å². The second kappa shape index (κ2) is 4.08. The minimum Gasteiger partial charge on any atom is -0.268 e. The van der Waals surface area contributed by atoms with Gasteiger partial charge in [-0.1, -0.05) is 0 Å². The molecule has 0 unspecified atom stereocenters. The van der Waals surface area contributed by atoms with E-state index in [2.05, 4.69) is 22.3 Å². The maximum Gasteiger partial charge on any atom is 0.0660 e. The fourth-order valence-corrected chi connectivity index (χ4v) is 1.89. The normalized spacial score (nSPS) is 15.2. The van der Waals surface area contributed by atoms with E-state index < -0.39 is 0 Å². The summed E-state index contributed by atoms with van der Waals surface area (Å²) in [4.78, 5) is 4.01. The second-order valence-corrected chi connectivity index (χ2v) is 4.51. The van der Waals surface area contributed by atoms with Crippen molar-refractivity contribution in [3.63, 3.8) is 0 Å². The number of aromatic nitrogens is 3. The molecule has 0 aromatic carbocycles. The third-order valence-electron chi connectivity index (χ3n) is 2.98. The molecular formula is C13H15N3. The van der Waals surface area contributed by atoms with E-state index in [-0.39, 0.29) is 0 Å². The molecule has 0 aliphatic heterocycles. The van der Waals surface area contributed by atoms with Gasteiger partial charge in [0.05, 0.1) is 12.2 Å². The Bertz CT molecular complexity index is 457. The van der Waals surface area contributed by atoms with E-state index in [1.54, 1.807) is 0 Å². The second-order valence-electron chi connectivity index (χ2n) is 4.51. The van der Waals surface area contributed by atoms with Crippen molar-refractivity contribution in [1.29, 1.82) is 0 Å². The van der Waals surface area contributed by atoms with Crippen LogP contribution in [-0.2, 0) is 13.0 Å². The fourth-order valence-electron chi connectivity index (χ4n) is 1.89. The molecule has 1 saturated carbocycles. The highest BCUT2D eigenvalue weighted by atomic mass is 15.3. The molecule has 3 rings (SSSR count). The molecule has 0 atom stereocenters. The van der Waals surface area contributed by atoms with Crippen molar-refractivity contribution >= 4 is 0 Å². The molecule has 0 N–H and O–H groups in total. The van der Waals surface area contributed by atoms with Crippen LogP contribution in [0.2, 0.25) is 0 Å². The molecule has 0 radical (unpaired) electrons. The lowest BCUT2D eigenvalue weighted by atomic mass is 10.2. The van der Waals surface area contributed by atoms with E-state index in [1.807, 2.05) is 29.2 Å². The van der Waals surface area contributed by atoms with Crippen molar-refractivity contribution in [1.82, 2.24) is 14.8 Å². The van der Waals surface area contributed by atoms with Crippen molar-refractivity contribution in [2.45, 2.75) is 25.8 Å². The summed E-state index contributed by atoms with van der Waals surface area (Å²) in [6.45, 7) is 0.840. The summed E-state index contributed by atoms with van der Waals surface area (Å²) in [6, 6.07) is 6.20. The Labute approximate surface area is 95.1 Å². The standard InChI is InChI=1S/C13H15N3/c1-2-11(1)9-13-5-8-16(15-13)10-12-3-6-14-7-4-12/h3-8,11H,1-2,9-10H2. The predicted octanol–water partition coefficient (Wildman–Crippen LogP) is 2.28. The molecule has 0 bridgehead atoms. The van der Waals surface area contributed by atoms with E-state index in [1.165, 1.54) is 24.1 Å². The first-order chi connectivity index (χ1) is 7.90. The molecule has 1 aliphatic rings. The molecule has 3 heteroatoms. The molecule has 1 aliphatic carbocycles. The van der Waals surface area contributed by atoms with Crippen molar-refractivity contribution in [3.8, 4) is 0 Å². The Hall–Kier alpha value is -1.64. The zero-order valence-corrected chi connectivity index (χ0v) is 9.21. The van der Waals surface area contributed by atoms with Gasteiger partial charge in [0, 0.05) is 18.6 Å². The average molecular weight is 213 g/mol. The van der Waals surface area contributed by atoms with E-state index in [0.717, 1.165) is 18.9 Å². The highest BCUT2D eigenvalue weighted by Crippen LogP contribution is 2.31. The number of nitrogens with zero attached hydrogens (tertiary/aromatic N) is 3. The molecule has 0 spiro atoms. The summed E-state index contributed by atoms with van der Waals surface area (Å²) < 4.78 is 2.01. The molecule has 16 heavy (non-hydrogen) atoms. The van der Waals surface area contributed by atoms with Crippen LogP contribution < -0.4 is 0 Å². The molecular weight excluding hydrogens is 198 g/mol. The maximum absolute atomic E-state index is 4.58. The van der Waals surface area contributed by atoms with Crippen LogP contribution in [0.4, 0.5) is 0 Å². The van der Waals surface area contributed by atoms with Crippen LogP contribution in [0.15, 0.2) is 36.8 Å². The van der Waals surface area contributed by atoms with Crippen LogP contribution in [0.5, 0.6) is 0 Å². The van der Waals surface area contributed by atoms with Crippen LogP contribution in [0.25, 0.3) is 0 Å². The summed E-state index contributed by atoms with van der Waals surface area (Å²) >= 11 is 0. The largest absolute Gasteiger partial charge is 0.268 e. The number of hydrogen-bond donors (Lipinski definition) is 0. The van der Waals surface area contributed by atoms with Gasteiger partial charge in [-0.3, -0.25) is 9.67 Å². The average Bonchev–Trinajstić information content (AvgIpc) is 3.01. The quantitative estimate of drug-likeness (QED) is 0.780. The van der Waals surface area contributed by atoms with Crippen molar-refractivity contribution in [3.05, 3.63) is 48.0 Å². The lowest BCUT2D eigenvalue weighted by molar-refractivity contribution is 0.660. The molecule has 82 valence electrons. The zero-order chi connectivity index (χ0) is 10.8. The predicted molar refractivity (Wildman–Crippen MR) is 62.0 cm³/mol. The summed E-state index contributed by atoms with van der Waals surface area (Å²) in [6.07, 6.45) is 9.64. The van der Waals surface area contributed by atoms with Gasteiger partial charge in [0.25, 0.3) is 0 Å². The van der Waals surface area contributed by atoms with E-state index in [4.69, 9.17) is 0 Å². The molecule has 3 nitrogen and oxygen atoms in total. The first-order valence-electron chi connectivity index (χ1n) is 5.81. The third kappa shape index (κ3) is 2.30. The maximum atomic E-state index is 4.58.